The van der Waals surface area contributed by atoms with Crippen LogP contribution in [0.1, 0.15) is 33.6 Å². The van der Waals surface area contributed by atoms with Crippen LogP contribution >= 0.6 is 0 Å². The van der Waals surface area contributed by atoms with Crippen molar-refractivity contribution in [3.8, 4) is 0 Å². The molecule has 0 saturated carbocycles. The van der Waals surface area contributed by atoms with Crippen molar-refractivity contribution in [3.63, 3.8) is 0 Å². The predicted molar refractivity (Wildman–Crippen MR) is 40.7 cm³/mol. The average molecular weight is 144 g/mol. The summed E-state index contributed by atoms with van der Waals surface area (Å²) >= 11 is 0. The maximum Gasteiger partial charge on any atom is 0.306 e. The number of esters is 1. The molecule has 2 heteroatoms. The summed E-state index contributed by atoms with van der Waals surface area (Å²) in [5, 5.41) is 0. The third-order valence-corrected chi connectivity index (χ3v) is 1.39. The molecule has 0 spiro atoms. The summed E-state index contributed by atoms with van der Waals surface area (Å²) in [5.41, 5.74) is 0. The molecule has 1 saturated heterocycles. The Hall–Kier alpha value is -0.530. The minimum atomic E-state index is -0.0382. The molecule has 1 rings (SSSR count). The molecule has 1 atom stereocenters. The van der Waals surface area contributed by atoms with Crippen LogP contribution in [0.25, 0.3) is 0 Å². The van der Waals surface area contributed by atoms with Gasteiger partial charge in [0.15, 0.2) is 0 Å². The molecule has 1 unspecified atom stereocenters. The van der Waals surface area contributed by atoms with Crippen molar-refractivity contribution in [1.82, 2.24) is 0 Å². The highest BCUT2D eigenvalue weighted by molar-refractivity contribution is 5.70. The Morgan fingerprint density at radius 3 is 2.40 bits per heavy atom. The second kappa shape index (κ2) is 5.27. The first-order valence-electron chi connectivity index (χ1n) is 3.94. The number of hydrogen-bond donors (Lipinski definition) is 0. The van der Waals surface area contributed by atoms with Crippen molar-refractivity contribution in [1.29, 1.82) is 0 Å². The third-order valence-electron chi connectivity index (χ3n) is 1.39. The Kier molecular flexibility index (Phi) is 4.99. The van der Waals surface area contributed by atoms with E-state index in [0.29, 0.717) is 18.9 Å². The zero-order chi connectivity index (χ0) is 7.98. The monoisotopic (exact) mass is 144 g/mol. The minimum absolute atomic E-state index is 0.0382. The fourth-order valence-corrected chi connectivity index (χ4v) is 0.819. The van der Waals surface area contributed by atoms with Crippen LogP contribution in [0.3, 0.4) is 0 Å². The average Bonchev–Trinajstić information content (AvgIpc) is 1.91. The van der Waals surface area contributed by atoms with Crippen LogP contribution in [-0.2, 0) is 9.53 Å². The van der Waals surface area contributed by atoms with Crippen molar-refractivity contribution in [2.45, 2.75) is 33.6 Å². The standard InChI is InChI=1S/C6H10O2.C2H6/c1-5-2-3-8-6(7)4-5;1-2/h5H,2-4H2,1H3;1-2H3. The van der Waals surface area contributed by atoms with Crippen molar-refractivity contribution >= 4 is 5.97 Å². The first-order chi connectivity index (χ1) is 4.79. The molecule has 0 bridgehead atoms. The summed E-state index contributed by atoms with van der Waals surface area (Å²) in [6.45, 7) is 6.69. The van der Waals surface area contributed by atoms with Gasteiger partial charge in [-0.2, -0.15) is 0 Å². The molecule has 1 heterocycles. The van der Waals surface area contributed by atoms with E-state index in [9.17, 15) is 4.79 Å². The van der Waals surface area contributed by atoms with Gasteiger partial charge in [0.2, 0.25) is 0 Å². The van der Waals surface area contributed by atoms with Gasteiger partial charge in [-0.25, -0.2) is 0 Å². The number of ether oxygens (including phenoxy) is 1. The Balaban J connectivity index is 0.000000371. The van der Waals surface area contributed by atoms with Gasteiger partial charge in [0.25, 0.3) is 0 Å². The summed E-state index contributed by atoms with van der Waals surface area (Å²) in [6, 6.07) is 0. The van der Waals surface area contributed by atoms with Gasteiger partial charge in [-0.05, 0) is 12.3 Å². The topological polar surface area (TPSA) is 26.3 Å². The molecule has 0 aliphatic carbocycles. The zero-order valence-corrected chi connectivity index (χ0v) is 7.02. The Morgan fingerprint density at radius 1 is 1.50 bits per heavy atom. The lowest BCUT2D eigenvalue weighted by Crippen LogP contribution is -2.18. The maximum atomic E-state index is 10.5. The van der Waals surface area contributed by atoms with Gasteiger partial charge in [0.05, 0.1) is 6.61 Å². The van der Waals surface area contributed by atoms with Crippen LogP contribution in [0.2, 0.25) is 0 Å². The van der Waals surface area contributed by atoms with Crippen LogP contribution < -0.4 is 0 Å². The Bertz CT molecular complexity index is 99.4. The van der Waals surface area contributed by atoms with Crippen molar-refractivity contribution in [3.05, 3.63) is 0 Å². The first kappa shape index (κ1) is 9.47. The van der Waals surface area contributed by atoms with E-state index in [2.05, 4.69) is 6.92 Å². The summed E-state index contributed by atoms with van der Waals surface area (Å²) in [6.07, 6.45) is 1.64. The number of hydrogen-bond acceptors (Lipinski definition) is 2. The van der Waals surface area contributed by atoms with Crippen molar-refractivity contribution in [2.24, 2.45) is 5.92 Å². The highest BCUT2D eigenvalue weighted by Gasteiger charge is 2.15. The van der Waals surface area contributed by atoms with E-state index in [4.69, 9.17) is 4.74 Å². The summed E-state index contributed by atoms with van der Waals surface area (Å²) in [4.78, 5) is 10.5. The lowest BCUT2D eigenvalue weighted by Gasteiger charge is -2.16. The molecular weight excluding hydrogens is 128 g/mol. The van der Waals surface area contributed by atoms with E-state index in [0.717, 1.165) is 6.42 Å². The highest BCUT2D eigenvalue weighted by Crippen LogP contribution is 2.13. The first-order valence-corrected chi connectivity index (χ1v) is 3.94. The Morgan fingerprint density at radius 2 is 2.10 bits per heavy atom. The van der Waals surface area contributed by atoms with Gasteiger partial charge in [-0.3, -0.25) is 4.79 Å². The largest absolute Gasteiger partial charge is 0.466 e. The van der Waals surface area contributed by atoms with E-state index in [1.807, 2.05) is 13.8 Å². The van der Waals surface area contributed by atoms with Crippen LogP contribution in [0.4, 0.5) is 0 Å². The molecule has 0 radical (unpaired) electrons. The zero-order valence-electron chi connectivity index (χ0n) is 7.02. The van der Waals surface area contributed by atoms with E-state index >= 15 is 0 Å². The molecule has 0 aromatic carbocycles. The molecular formula is C8H16O2. The van der Waals surface area contributed by atoms with Gasteiger partial charge in [-0.1, -0.05) is 20.8 Å². The van der Waals surface area contributed by atoms with E-state index in [-0.39, 0.29) is 5.97 Å². The van der Waals surface area contributed by atoms with Gasteiger partial charge in [0.1, 0.15) is 0 Å². The lowest BCUT2D eigenvalue weighted by atomic mass is 10.0. The van der Waals surface area contributed by atoms with Crippen LogP contribution in [-0.4, -0.2) is 12.6 Å². The second-order valence-electron chi connectivity index (χ2n) is 2.32. The van der Waals surface area contributed by atoms with Gasteiger partial charge in [-0.15, -0.1) is 0 Å². The summed E-state index contributed by atoms with van der Waals surface area (Å²) < 4.78 is 4.71. The normalized spacial score (nSPS) is 24.3. The number of rotatable bonds is 0. The number of cyclic esters (lactones) is 1. The summed E-state index contributed by atoms with van der Waals surface area (Å²) in [7, 11) is 0. The van der Waals surface area contributed by atoms with Crippen LogP contribution in [0, 0.1) is 5.92 Å². The van der Waals surface area contributed by atoms with Crippen LogP contribution in [0.15, 0.2) is 0 Å². The molecule has 1 aliphatic rings. The fraction of sp³-hybridized carbons (Fsp3) is 0.875. The minimum Gasteiger partial charge on any atom is -0.466 e. The lowest BCUT2D eigenvalue weighted by molar-refractivity contribution is -0.148. The van der Waals surface area contributed by atoms with Crippen LogP contribution in [0.5, 0.6) is 0 Å². The number of carbonyl (C=O) groups is 1. The molecule has 2 nitrogen and oxygen atoms in total. The number of carbonyl (C=O) groups excluding carboxylic acids is 1. The van der Waals surface area contributed by atoms with Crippen molar-refractivity contribution in [2.75, 3.05) is 6.61 Å². The van der Waals surface area contributed by atoms with Gasteiger partial charge in [0, 0.05) is 6.42 Å². The van der Waals surface area contributed by atoms with Gasteiger partial charge >= 0.3 is 5.97 Å². The molecule has 0 aromatic rings. The summed E-state index contributed by atoms with van der Waals surface area (Å²) in [5.74, 6) is 0.500. The van der Waals surface area contributed by atoms with Gasteiger partial charge < -0.3 is 4.74 Å². The second-order valence-corrected chi connectivity index (χ2v) is 2.32. The molecule has 10 heavy (non-hydrogen) atoms. The SMILES string of the molecule is CC.CC1CCOC(=O)C1. The fourth-order valence-electron chi connectivity index (χ4n) is 0.819. The highest BCUT2D eigenvalue weighted by atomic mass is 16.5. The molecule has 0 amide bonds. The molecule has 1 fully saturated rings. The molecule has 60 valence electrons. The Labute approximate surface area is 62.6 Å². The predicted octanol–water partition coefficient (Wildman–Crippen LogP) is 1.99. The maximum absolute atomic E-state index is 10.5. The quantitative estimate of drug-likeness (QED) is 0.486. The molecule has 0 N–H and O–H groups in total. The van der Waals surface area contributed by atoms with Crippen molar-refractivity contribution < 1.29 is 9.53 Å². The molecule has 1 aliphatic heterocycles. The van der Waals surface area contributed by atoms with E-state index in [1.54, 1.807) is 0 Å². The molecule has 0 aromatic heterocycles. The van der Waals surface area contributed by atoms with E-state index in [1.165, 1.54) is 0 Å². The smallest absolute Gasteiger partial charge is 0.306 e. The van der Waals surface area contributed by atoms with E-state index < -0.39 is 0 Å². The third kappa shape index (κ3) is 3.49.